The molecular weight excluding hydrogens is 837 g/mol. The van der Waals surface area contributed by atoms with Crippen molar-refractivity contribution >= 4 is 88.9 Å². The summed E-state index contributed by atoms with van der Waals surface area (Å²) in [5.74, 6) is 1.35. The number of rotatable bonds is 10. The van der Waals surface area contributed by atoms with Crippen molar-refractivity contribution in [3.05, 3.63) is 242 Å². The standard InChI is InChI=1S/C65H52N4/c1-2-6-22-48(23-7-3-1)66-61-35-18-16-29-54(61)46-21-20-28-51(42-46)67(49-24-8-4-9-25-49)64-56-31-12-14-33-58(56)65(59-34-15-13-32-57(59)64)68(50-26-10-5-11-27-50)53-39-40-63-60(44-53)55-30-17-19-36-62(55)69(63)52-38-37-45-41-47(45)43-52/h2,4-6,8-21,23-40,42-45,47,66H,1,3,7,22,41H2/b6-2-,48-23+. The zero-order valence-corrected chi connectivity index (χ0v) is 38.5. The lowest BCUT2D eigenvalue weighted by Gasteiger charge is -2.33. The number of aromatic nitrogens is 1. The Balaban J connectivity index is 1.01. The van der Waals surface area contributed by atoms with E-state index in [9.17, 15) is 0 Å². The molecule has 4 heteroatoms. The van der Waals surface area contributed by atoms with Crippen molar-refractivity contribution in [2.24, 2.45) is 11.8 Å². The topological polar surface area (TPSA) is 23.4 Å². The van der Waals surface area contributed by atoms with Crippen molar-refractivity contribution in [2.45, 2.75) is 32.1 Å². The van der Waals surface area contributed by atoms with Crippen LogP contribution in [0, 0.1) is 11.8 Å². The lowest BCUT2D eigenvalue weighted by Crippen LogP contribution is -2.14. The smallest absolute Gasteiger partial charge is 0.0619 e. The van der Waals surface area contributed by atoms with Gasteiger partial charge in [0.2, 0.25) is 0 Å². The second-order valence-corrected chi connectivity index (χ2v) is 18.8. The largest absolute Gasteiger partial charge is 0.358 e. The SMILES string of the molecule is C1=CC2CC2C=C1n1c2ccccc2c2cc(N(c3ccccc3)c3c4ccccc4c(N(c4ccccc4)c4cccc(-c5ccccc5N/C5=C/CCC/C=C\C5)c4)c4ccccc34)ccc21. The molecule has 2 atom stereocenters. The second-order valence-electron chi connectivity index (χ2n) is 18.8. The van der Waals surface area contributed by atoms with Crippen LogP contribution in [0.4, 0.5) is 39.8 Å². The number of nitrogens with one attached hydrogen (secondary N) is 1. The van der Waals surface area contributed by atoms with Gasteiger partial charge in [-0.15, -0.1) is 0 Å². The number of benzene rings is 9. The molecule has 0 amide bonds. The minimum absolute atomic E-state index is 0.649. The third-order valence-corrected chi connectivity index (χ3v) is 14.4. The highest BCUT2D eigenvalue weighted by Crippen LogP contribution is 2.52. The molecule has 0 saturated heterocycles. The quantitative estimate of drug-likeness (QED) is 0.0841. The van der Waals surface area contributed by atoms with E-state index in [2.05, 4.69) is 256 Å². The fourth-order valence-corrected chi connectivity index (χ4v) is 11.1. The number of hydrogen-bond donors (Lipinski definition) is 1. The van der Waals surface area contributed by atoms with Crippen LogP contribution < -0.4 is 15.1 Å². The van der Waals surface area contributed by atoms with E-state index in [4.69, 9.17) is 0 Å². The highest BCUT2D eigenvalue weighted by Gasteiger charge is 2.36. The summed E-state index contributed by atoms with van der Waals surface area (Å²) < 4.78 is 2.47. The summed E-state index contributed by atoms with van der Waals surface area (Å²) in [7, 11) is 0. The predicted octanol–water partition coefficient (Wildman–Crippen LogP) is 18.2. The molecule has 1 N–H and O–H groups in total. The Bertz CT molecular complexity index is 3650. The molecule has 332 valence electrons. The molecule has 1 fully saturated rings. The van der Waals surface area contributed by atoms with Crippen molar-refractivity contribution in [2.75, 3.05) is 15.1 Å². The van der Waals surface area contributed by atoms with E-state index < -0.39 is 0 Å². The normalized spacial score (nSPS) is 17.7. The summed E-state index contributed by atoms with van der Waals surface area (Å²) in [6.45, 7) is 0. The number of fused-ring (bicyclic) bond motifs is 6. The van der Waals surface area contributed by atoms with E-state index in [0.717, 1.165) is 64.6 Å². The van der Waals surface area contributed by atoms with Crippen LogP contribution in [0.3, 0.4) is 0 Å². The Hall–Kier alpha value is -8.34. The fraction of sp³-hybridized carbons (Fsp3) is 0.108. The Kier molecular flexibility index (Phi) is 10.3. The number of nitrogens with zero attached hydrogens (tertiary/aromatic N) is 3. The maximum atomic E-state index is 3.84. The van der Waals surface area contributed by atoms with E-state index in [1.54, 1.807) is 0 Å². The molecule has 4 nitrogen and oxygen atoms in total. The zero-order chi connectivity index (χ0) is 45.7. The lowest BCUT2D eigenvalue weighted by molar-refractivity contribution is 0.847. The van der Waals surface area contributed by atoms with Gasteiger partial charge < -0.3 is 19.7 Å². The van der Waals surface area contributed by atoms with E-state index in [1.165, 1.54) is 73.1 Å². The van der Waals surface area contributed by atoms with Crippen LogP contribution in [0.1, 0.15) is 32.1 Å². The van der Waals surface area contributed by atoms with Crippen molar-refractivity contribution in [1.82, 2.24) is 4.57 Å². The molecule has 1 saturated carbocycles. The maximum absolute atomic E-state index is 3.84. The first kappa shape index (κ1) is 40.9. The molecule has 69 heavy (non-hydrogen) atoms. The van der Waals surface area contributed by atoms with Crippen molar-refractivity contribution < 1.29 is 0 Å². The van der Waals surface area contributed by atoms with E-state index in [-0.39, 0.29) is 0 Å². The summed E-state index contributed by atoms with van der Waals surface area (Å²) >= 11 is 0. The third-order valence-electron chi connectivity index (χ3n) is 14.4. The van der Waals surface area contributed by atoms with Gasteiger partial charge in [-0.2, -0.15) is 0 Å². The zero-order valence-electron chi connectivity index (χ0n) is 38.5. The third kappa shape index (κ3) is 7.41. The molecule has 0 radical (unpaired) electrons. The van der Waals surface area contributed by atoms with Gasteiger partial charge in [-0.3, -0.25) is 0 Å². The first-order valence-corrected chi connectivity index (χ1v) is 24.6. The average molecular weight is 889 g/mol. The highest BCUT2D eigenvalue weighted by atomic mass is 15.2. The molecule has 1 heterocycles. The summed E-state index contributed by atoms with van der Waals surface area (Å²) in [5.41, 5.74) is 15.1. The van der Waals surface area contributed by atoms with Gasteiger partial charge >= 0.3 is 0 Å². The molecule has 0 bridgehead atoms. The summed E-state index contributed by atoms with van der Waals surface area (Å²) in [5, 5.41) is 11.0. The van der Waals surface area contributed by atoms with Crippen LogP contribution >= 0.6 is 0 Å². The Morgan fingerprint density at radius 1 is 0.464 bits per heavy atom. The molecular formula is C65H52N4. The van der Waals surface area contributed by atoms with E-state index >= 15 is 0 Å². The van der Waals surface area contributed by atoms with Crippen LogP contribution in [0.5, 0.6) is 0 Å². The predicted molar refractivity (Wildman–Crippen MR) is 294 cm³/mol. The number of para-hydroxylation sites is 4. The Morgan fingerprint density at radius 3 is 1.75 bits per heavy atom. The summed E-state index contributed by atoms with van der Waals surface area (Å²) in [6.07, 6.45) is 19.8. The second kappa shape index (κ2) is 17.4. The van der Waals surface area contributed by atoms with Gasteiger partial charge in [0.15, 0.2) is 0 Å². The van der Waals surface area contributed by atoms with Crippen LogP contribution in [0.15, 0.2) is 242 Å². The number of anilines is 7. The molecule has 0 aliphatic heterocycles. The molecule has 0 spiro atoms. The summed E-state index contributed by atoms with van der Waals surface area (Å²) in [4.78, 5) is 4.97. The maximum Gasteiger partial charge on any atom is 0.0619 e. The van der Waals surface area contributed by atoms with Crippen molar-refractivity contribution in [3.63, 3.8) is 0 Å². The highest BCUT2D eigenvalue weighted by molar-refractivity contribution is 6.24. The average Bonchev–Trinajstić information content (AvgIpc) is 4.11. The van der Waals surface area contributed by atoms with Crippen molar-refractivity contribution in [1.29, 1.82) is 0 Å². The van der Waals surface area contributed by atoms with Gasteiger partial charge in [-0.1, -0.05) is 164 Å². The van der Waals surface area contributed by atoms with E-state index in [1.807, 2.05) is 0 Å². The monoisotopic (exact) mass is 888 g/mol. The molecule has 9 aromatic carbocycles. The van der Waals surface area contributed by atoms with Gasteiger partial charge in [0, 0.05) is 84.1 Å². The van der Waals surface area contributed by atoms with Gasteiger partial charge in [0.25, 0.3) is 0 Å². The van der Waals surface area contributed by atoms with Crippen LogP contribution in [0.2, 0.25) is 0 Å². The van der Waals surface area contributed by atoms with Crippen LogP contribution in [-0.4, -0.2) is 4.57 Å². The molecule has 3 aliphatic carbocycles. The first-order chi connectivity index (χ1) is 34.2. The molecule has 3 aliphatic rings. The minimum atomic E-state index is 0.649. The lowest BCUT2D eigenvalue weighted by atomic mass is 9.95. The molecule has 13 rings (SSSR count). The first-order valence-electron chi connectivity index (χ1n) is 24.6. The minimum Gasteiger partial charge on any atom is -0.358 e. The van der Waals surface area contributed by atoms with Gasteiger partial charge in [-0.25, -0.2) is 0 Å². The van der Waals surface area contributed by atoms with Crippen molar-refractivity contribution in [3.8, 4) is 11.1 Å². The Morgan fingerprint density at radius 2 is 1.06 bits per heavy atom. The number of allylic oxidation sites excluding steroid dienone is 7. The van der Waals surface area contributed by atoms with Crippen LogP contribution in [-0.2, 0) is 0 Å². The molecule has 10 aromatic rings. The Labute approximate surface area is 404 Å². The van der Waals surface area contributed by atoms with Gasteiger partial charge in [-0.05, 0) is 116 Å². The molecule has 1 aromatic heterocycles. The summed E-state index contributed by atoms with van der Waals surface area (Å²) in [6, 6.07) is 73.6. The van der Waals surface area contributed by atoms with E-state index in [0.29, 0.717) is 11.8 Å². The van der Waals surface area contributed by atoms with Gasteiger partial charge in [0.05, 0.1) is 22.4 Å². The van der Waals surface area contributed by atoms with Crippen LogP contribution in [0.25, 0.3) is 60.2 Å². The molecule has 2 unspecified atom stereocenters. The number of hydrogen-bond acceptors (Lipinski definition) is 3. The fourth-order valence-electron chi connectivity index (χ4n) is 11.1. The van der Waals surface area contributed by atoms with Gasteiger partial charge in [0.1, 0.15) is 0 Å².